The second-order valence-corrected chi connectivity index (χ2v) is 16.4. The summed E-state index contributed by atoms with van der Waals surface area (Å²) in [6.45, 7) is 14.9. The number of amides is 7. The van der Waals surface area contributed by atoms with E-state index in [1.165, 1.54) is 4.90 Å². The zero-order chi connectivity index (χ0) is 35.2. The smallest absolute Gasteiger partial charge is 0.315 e. The van der Waals surface area contributed by atoms with E-state index in [4.69, 9.17) is 10.5 Å². The van der Waals surface area contributed by atoms with E-state index in [1.807, 2.05) is 34.6 Å². The first-order valence-corrected chi connectivity index (χ1v) is 16.6. The predicted molar refractivity (Wildman–Crippen MR) is 170 cm³/mol. The highest BCUT2D eigenvalue weighted by Gasteiger charge is 2.70. The van der Waals surface area contributed by atoms with Gasteiger partial charge in [0, 0.05) is 13.1 Å². The second-order valence-electron chi connectivity index (χ2n) is 16.4. The number of imide groups is 1. The number of carbonyl (C=O) groups is 7. The minimum absolute atomic E-state index is 0.0439. The van der Waals surface area contributed by atoms with Crippen LogP contribution >= 0.6 is 0 Å². The molecule has 4 rings (SSSR count). The summed E-state index contributed by atoms with van der Waals surface area (Å²) < 4.78 is 5.01. The van der Waals surface area contributed by atoms with Crippen LogP contribution in [0.25, 0.3) is 0 Å². The van der Waals surface area contributed by atoms with Gasteiger partial charge in [-0.3, -0.25) is 33.7 Å². The number of carbonyl (C=O) groups excluding carboxylic acids is 7. The fourth-order valence-electron chi connectivity index (χ4n) is 7.12. The highest BCUT2D eigenvalue weighted by Crippen LogP contribution is 2.65. The standard InChI is InChI=1S/C33H52N6O8/c1-31(2,3)20(14-38-21(40)15-47-16-22(38)41)36-30(46)37-26(32(4,5)6)29(45)39-13-18-23(33(18,7)8)24(39)28(44)35-19(25(42)27(34)43)12-17-10-9-11-17/h17-20,23-24,26H,9-16H2,1-8H3,(H2,34,43)(H,35,44)(H2,36,37,46)/t18-,19?,20+,23-,24-,26+/m0/s1. The lowest BCUT2D eigenvalue weighted by atomic mass is 9.80. The van der Waals surface area contributed by atoms with Crippen molar-refractivity contribution in [2.45, 2.75) is 105 Å². The number of primary amides is 1. The number of hydrogen-bond donors (Lipinski definition) is 4. The van der Waals surface area contributed by atoms with Gasteiger partial charge in [-0.05, 0) is 40.4 Å². The van der Waals surface area contributed by atoms with Crippen molar-refractivity contribution >= 4 is 41.4 Å². The summed E-state index contributed by atoms with van der Waals surface area (Å²) >= 11 is 0. The molecule has 2 heterocycles. The van der Waals surface area contributed by atoms with Crippen LogP contribution in [0.5, 0.6) is 0 Å². The highest BCUT2D eigenvalue weighted by atomic mass is 16.5. The Morgan fingerprint density at radius 3 is 2.02 bits per heavy atom. The Bertz CT molecular complexity index is 1300. The molecule has 2 saturated heterocycles. The number of likely N-dealkylation sites (tertiary alicyclic amines) is 1. The van der Waals surface area contributed by atoms with Crippen LogP contribution in [0.15, 0.2) is 0 Å². The van der Waals surface area contributed by atoms with Gasteiger partial charge in [0.15, 0.2) is 0 Å². The molecule has 2 aliphatic carbocycles. The maximum absolute atomic E-state index is 14.3. The lowest BCUT2D eigenvalue weighted by Crippen LogP contribution is -2.63. The number of piperidine rings is 1. The maximum atomic E-state index is 14.3. The van der Waals surface area contributed by atoms with Crippen LogP contribution in [0.2, 0.25) is 0 Å². The molecule has 4 aliphatic rings. The Kier molecular flexibility index (Phi) is 10.2. The molecule has 1 unspecified atom stereocenters. The van der Waals surface area contributed by atoms with Crippen molar-refractivity contribution in [3.63, 3.8) is 0 Å². The van der Waals surface area contributed by atoms with Crippen molar-refractivity contribution in [2.75, 3.05) is 26.3 Å². The molecule has 262 valence electrons. The average Bonchev–Trinajstić information content (AvgIpc) is 3.24. The first-order chi connectivity index (χ1) is 21.6. The molecule has 0 bridgehead atoms. The van der Waals surface area contributed by atoms with Gasteiger partial charge in [0.1, 0.15) is 25.3 Å². The van der Waals surface area contributed by atoms with Crippen LogP contribution in [0, 0.1) is 34.0 Å². The first-order valence-electron chi connectivity index (χ1n) is 16.6. The molecule has 14 nitrogen and oxygen atoms in total. The third-order valence-corrected chi connectivity index (χ3v) is 10.6. The van der Waals surface area contributed by atoms with Crippen LogP contribution in [0.1, 0.15) is 81.1 Å². The van der Waals surface area contributed by atoms with Crippen LogP contribution in [0.4, 0.5) is 4.79 Å². The molecule has 47 heavy (non-hydrogen) atoms. The fraction of sp³-hybridized carbons (Fsp3) is 0.788. The summed E-state index contributed by atoms with van der Waals surface area (Å²) in [5, 5.41) is 8.46. The van der Waals surface area contributed by atoms with Crippen molar-refractivity contribution in [1.82, 2.24) is 25.8 Å². The normalized spacial score (nSPS) is 26.0. The minimum Gasteiger partial charge on any atom is -0.363 e. The topological polar surface area (TPSA) is 197 Å². The van der Waals surface area contributed by atoms with E-state index in [2.05, 4.69) is 16.0 Å². The molecule has 0 aromatic carbocycles. The van der Waals surface area contributed by atoms with Gasteiger partial charge in [-0.15, -0.1) is 0 Å². The molecule has 0 spiro atoms. The van der Waals surface area contributed by atoms with Gasteiger partial charge in [0.05, 0.1) is 12.1 Å². The van der Waals surface area contributed by atoms with Gasteiger partial charge < -0.3 is 31.3 Å². The number of nitrogens with two attached hydrogens (primary N) is 1. The Hall–Kier alpha value is -3.55. The van der Waals surface area contributed by atoms with E-state index in [9.17, 15) is 33.6 Å². The maximum Gasteiger partial charge on any atom is 0.315 e. The SMILES string of the molecule is CC(C)(C)[C@H](NC(=O)N[C@H](CN1C(=O)COCC1=O)C(C)(C)C)C(=O)N1C[C@H]2[C@@H]([C@H]1C(=O)NC(CC1CCC1)C(=O)C(N)=O)C2(C)C. The fourth-order valence-corrected chi connectivity index (χ4v) is 7.12. The summed E-state index contributed by atoms with van der Waals surface area (Å²) in [6.07, 6.45) is 3.14. The number of ether oxygens (including phenoxy) is 1. The number of nitrogens with zero attached hydrogens (tertiary/aromatic N) is 2. The third kappa shape index (κ3) is 7.79. The largest absolute Gasteiger partial charge is 0.363 e. The Morgan fingerprint density at radius 2 is 1.53 bits per heavy atom. The van der Waals surface area contributed by atoms with E-state index < -0.39 is 76.3 Å². The van der Waals surface area contributed by atoms with Gasteiger partial charge in [0.2, 0.25) is 17.6 Å². The molecule has 2 saturated carbocycles. The van der Waals surface area contributed by atoms with E-state index in [-0.39, 0.29) is 42.9 Å². The van der Waals surface area contributed by atoms with Gasteiger partial charge >= 0.3 is 6.03 Å². The Morgan fingerprint density at radius 1 is 0.936 bits per heavy atom. The van der Waals surface area contributed by atoms with Crippen LogP contribution in [0.3, 0.4) is 0 Å². The zero-order valence-corrected chi connectivity index (χ0v) is 28.9. The van der Waals surface area contributed by atoms with Crippen molar-refractivity contribution in [3.05, 3.63) is 0 Å². The third-order valence-electron chi connectivity index (χ3n) is 10.6. The van der Waals surface area contributed by atoms with Crippen molar-refractivity contribution in [3.8, 4) is 0 Å². The lowest BCUT2D eigenvalue weighted by molar-refractivity contribution is -0.159. The summed E-state index contributed by atoms with van der Waals surface area (Å²) in [7, 11) is 0. The number of rotatable bonds is 11. The lowest BCUT2D eigenvalue weighted by Gasteiger charge is -2.39. The van der Waals surface area contributed by atoms with Crippen LogP contribution < -0.4 is 21.7 Å². The van der Waals surface area contributed by atoms with E-state index in [0.29, 0.717) is 13.0 Å². The van der Waals surface area contributed by atoms with Gasteiger partial charge in [-0.2, -0.15) is 0 Å². The van der Waals surface area contributed by atoms with E-state index >= 15 is 0 Å². The first kappa shape index (κ1) is 36.3. The zero-order valence-electron chi connectivity index (χ0n) is 28.9. The van der Waals surface area contributed by atoms with Gasteiger partial charge in [0.25, 0.3) is 17.7 Å². The molecule has 0 aromatic heterocycles. The summed E-state index contributed by atoms with van der Waals surface area (Å²) in [5.74, 6) is -3.83. The predicted octanol–water partition coefficient (Wildman–Crippen LogP) is 0.713. The number of fused-ring (bicyclic) bond motifs is 1. The molecule has 0 radical (unpaired) electrons. The molecule has 2 aliphatic heterocycles. The molecule has 4 fully saturated rings. The van der Waals surface area contributed by atoms with E-state index in [1.54, 1.807) is 20.8 Å². The number of Topliss-reactive ketones (excluding diaryl/α,β-unsaturated/α-hetero) is 1. The molecule has 6 atom stereocenters. The van der Waals surface area contributed by atoms with Crippen molar-refractivity contribution in [2.24, 2.45) is 39.7 Å². The minimum atomic E-state index is -1.11. The summed E-state index contributed by atoms with van der Waals surface area (Å²) in [4.78, 5) is 93.7. The molecular weight excluding hydrogens is 608 g/mol. The number of morpholine rings is 1. The molecule has 7 amide bonds. The number of nitrogens with one attached hydrogen (secondary N) is 3. The molecule has 5 N–H and O–H groups in total. The Balaban J connectivity index is 1.52. The molecule has 14 heteroatoms. The van der Waals surface area contributed by atoms with Gasteiger partial charge in [-0.25, -0.2) is 4.79 Å². The molecular formula is C33H52N6O8. The average molecular weight is 661 g/mol. The van der Waals surface area contributed by atoms with Crippen molar-refractivity contribution < 1.29 is 38.3 Å². The monoisotopic (exact) mass is 660 g/mol. The van der Waals surface area contributed by atoms with Crippen LogP contribution in [-0.2, 0) is 33.5 Å². The van der Waals surface area contributed by atoms with Gasteiger partial charge in [-0.1, -0.05) is 74.7 Å². The Labute approximate surface area is 276 Å². The van der Waals surface area contributed by atoms with E-state index in [0.717, 1.165) is 24.2 Å². The van der Waals surface area contributed by atoms with Crippen LogP contribution in [-0.4, -0.2) is 102 Å². The number of ketones is 1. The quantitative estimate of drug-likeness (QED) is 0.184. The molecule has 0 aromatic rings. The second kappa shape index (κ2) is 13.2. The number of urea groups is 1. The highest BCUT2D eigenvalue weighted by molar-refractivity contribution is 6.37. The summed E-state index contributed by atoms with van der Waals surface area (Å²) in [6, 6.07) is -4.33. The van der Waals surface area contributed by atoms with Crippen molar-refractivity contribution in [1.29, 1.82) is 0 Å². The summed E-state index contributed by atoms with van der Waals surface area (Å²) in [5.41, 5.74) is 3.76. The number of hydrogen-bond acceptors (Lipinski definition) is 8.